The molecule has 0 atom stereocenters. The summed E-state index contributed by atoms with van der Waals surface area (Å²) in [4.78, 5) is 25.8. The van der Waals surface area contributed by atoms with Gasteiger partial charge in [0.1, 0.15) is 5.69 Å². The Balaban J connectivity index is 2.09. The van der Waals surface area contributed by atoms with Crippen LogP contribution in [-0.2, 0) is 12.7 Å². The van der Waals surface area contributed by atoms with Crippen molar-refractivity contribution in [3.63, 3.8) is 0 Å². The Labute approximate surface area is 188 Å². The van der Waals surface area contributed by atoms with Gasteiger partial charge in [0.05, 0.1) is 16.9 Å². The number of hydrogen-bond acceptors (Lipinski definition) is 4. The van der Waals surface area contributed by atoms with E-state index >= 15 is 0 Å². The zero-order valence-electron chi connectivity index (χ0n) is 18.3. The molecule has 2 aromatic carbocycles. The van der Waals surface area contributed by atoms with Crippen LogP contribution in [0.2, 0.25) is 0 Å². The molecule has 0 aliphatic heterocycles. The number of nitrogens with one attached hydrogen (secondary N) is 2. The Kier molecular flexibility index (Phi) is 6.87. The number of carbonyl (C=O) groups excluding carboxylic acids is 2. The van der Waals surface area contributed by atoms with Crippen LogP contribution in [0.25, 0.3) is 5.69 Å². The summed E-state index contributed by atoms with van der Waals surface area (Å²) in [6.45, 7) is 5.30. The van der Waals surface area contributed by atoms with E-state index in [1.165, 1.54) is 12.1 Å². The molecule has 0 unspecified atom stereocenters. The number of para-hydroxylation sites is 2. The van der Waals surface area contributed by atoms with Crippen LogP contribution < -0.4 is 16.4 Å². The largest absolute Gasteiger partial charge is 0.435 e. The van der Waals surface area contributed by atoms with E-state index in [1.807, 2.05) is 0 Å². The lowest BCUT2D eigenvalue weighted by Gasteiger charge is -2.16. The lowest BCUT2D eigenvalue weighted by molar-refractivity contribution is -0.141. The molecule has 33 heavy (non-hydrogen) atoms. The van der Waals surface area contributed by atoms with Gasteiger partial charge in [-0.3, -0.25) is 9.59 Å². The van der Waals surface area contributed by atoms with Crippen molar-refractivity contribution >= 4 is 17.5 Å². The zero-order chi connectivity index (χ0) is 24.3. The Bertz CT molecular complexity index is 1190. The van der Waals surface area contributed by atoms with Crippen LogP contribution >= 0.6 is 0 Å². The first-order valence-electron chi connectivity index (χ1n) is 10.2. The Morgan fingerprint density at radius 1 is 1.09 bits per heavy atom. The lowest BCUT2D eigenvalue weighted by Crippen LogP contribution is -2.31. The van der Waals surface area contributed by atoms with Crippen molar-refractivity contribution < 1.29 is 22.8 Å². The van der Waals surface area contributed by atoms with Crippen molar-refractivity contribution in [3.8, 4) is 5.69 Å². The van der Waals surface area contributed by atoms with Gasteiger partial charge in [-0.05, 0) is 44.0 Å². The predicted octanol–water partition coefficient (Wildman–Crippen LogP) is 4.05. The fraction of sp³-hybridized carbons (Fsp3) is 0.261. The van der Waals surface area contributed by atoms with E-state index in [4.69, 9.17) is 5.73 Å². The van der Waals surface area contributed by atoms with E-state index in [2.05, 4.69) is 15.7 Å². The van der Waals surface area contributed by atoms with Gasteiger partial charge in [-0.15, -0.1) is 0 Å². The SMILES string of the molecule is Cc1cccc(C(=O)NC(C)C)c1NC(=O)c1cc(C(F)(F)F)nn1-c1ccccc1CN. The standard InChI is InChI=1S/C23H24F3N5O2/c1-13(2)28-21(32)16-9-6-7-14(3)20(16)29-22(33)18-11-19(23(24,25)26)30-31(18)17-10-5-4-8-15(17)12-27/h4-11,13H,12,27H2,1-3H3,(H,28,32)(H,29,33). The number of nitrogens with zero attached hydrogens (tertiary/aromatic N) is 2. The molecule has 0 saturated heterocycles. The first kappa shape index (κ1) is 24.0. The maximum Gasteiger partial charge on any atom is 0.435 e. The molecule has 10 heteroatoms. The summed E-state index contributed by atoms with van der Waals surface area (Å²) in [7, 11) is 0. The van der Waals surface area contributed by atoms with Gasteiger partial charge in [-0.1, -0.05) is 30.3 Å². The van der Waals surface area contributed by atoms with Crippen LogP contribution in [0.3, 0.4) is 0 Å². The lowest BCUT2D eigenvalue weighted by atomic mass is 10.1. The Morgan fingerprint density at radius 2 is 1.79 bits per heavy atom. The molecule has 4 N–H and O–H groups in total. The highest BCUT2D eigenvalue weighted by molar-refractivity contribution is 6.09. The van der Waals surface area contributed by atoms with Crippen LogP contribution in [0.1, 0.15) is 51.5 Å². The average molecular weight is 459 g/mol. The first-order chi connectivity index (χ1) is 15.5. The normalized spacial score (nSPS) is 11.5. The van der Waals surface area contributed by atoms with Gasteiger partial charge in [0.15, 0.2) is 5.69 Å². The Hall–Kier alpha value is -3.66. The van der Waals surface area contributed by atoms with Gasteiger partial charge in [0.25, 0.3) is 11.8 Å². The highest BCUT2D eigenvalue weighted by Gasteiger charge is 2.36. The van der Waals surface area contributed by atoms with Gasteiger partial charge >= 0.3 is 6.18 Å². The van der Waals surface area contributed by atoms with E-state index in [0.29, 0.717) is 17.2 Å². The fourth-order valence-electron chi connectivity index (χ4n) is 3.30. The quantitative estimate of drug-likeness (QED) is 0.518. The average Bonchev–Trinajstić information content (AvgIpc) is 3.20. The zero-order valence-corrected chi connectivity index (χ0v) is 18.3. The number of carbonyl (C=O) groups is 2. The van der Waals surface area contributed by atoms with Crippen molar-refractivity contribution in [3.05, 3.63) is 76.6 Å². The van der Waals surface area contributed by atoms with E-state index in [1.54, 1.807) is 51.1 Å². The molecule has 0 aliphatic carbocycles. The molecule has 1 heterocycles. The summed E-state index contributed by atoms with van der Waals surface area (Å²) in [5, 5.41) is 8.99. The van der Waals surface area contributed by atoms with Gasteiger partial charge in [0.2, 0.25) is 0 Å². The highest BCUT2D eigenvalue weighted by atomic mass is 19.4. The van der Waals surface area contributed by atoms with Gasteiger partial charge in [-0.25, -0.2) is 4.68 Å². The number of aryl methyl sites for hydroxylation is 1. The molecule has 0 radical (unpaired) electrons. The Morgan fingerprint density at radius 3 is 2.42 bits per heavy atom. The van der Waals surface area contributed by atoms with E-state index in [-0.39, 0.29) is 35.2 Å². The van der Waals surface area contributed by atoms with Crippen molar-refractivity contribution in [2.45, 2.75) is 39.5 Å². The van der Waals surface area contributed by atoms with Crippen LogP contribution in [0.15, 0.2) is 48.5 Å². The topological polar surface area (TPSA) is 102 Å². The number of anilines is 1. The number of halogens is 3. The number of hydrogen-bond donors (Lipinski definition) is 3. The van der Waals surface area contributed by atoms with Gasteiger partial charge < -0.3 is 16.4 Å². The van der Waals surface area contributed by atoms with Crippen molar-refractivity contribution in [1.82, 2.24) is 15.1 Å². The summed E-state index contributed by atoms with van der Waals surface area (Å²) >= 11 is 0. The number of rotatable bonds is 6. The summed E-state index contributed by atoms with van der Waals surface area (Å²) in [5.41, 5.74) is 5.90. The molecule has 2 amide bonds. The number of alkyl halides is 3. The molecule has 174 valence electrons. The summed E-state index contributed by atoms with van der Waals surface area (Å²) in [5.74, 6) is -1.26. The number of benzene rings is 2. The van der Waals surface area contributed by atoms with Crippen molar-refractivity contribution in [2.75, 3.05) is 5.32 Å². The van der Waals surface area contributed by atoms with Crippen molar-refractivity contribution in [1.29, 1.82) is 0 Å². The molecule has 0 aliphatic rings. The molecule has 0 fully saturated rings. The van der Waals surface area contributed by atoms with Gasteiger partial charge in [-0.2, -0.15) is 18.3 Å². The third-order valence-corrected chi connectivity index (χ3v) is 4.85. The minimum absolute atomic E-state index is 0.0375. The predicted molar refractivity (Wildman–Crippen MR) is 118 cm³/mol. The van der Waals surface area contributed by atoms with Crippen LogP contribution in [0.4, 0.5) is 18.9 Å². The second-order valence-corrected chi connectivity index (χ2v) is 7.74. The monoisotopic (exact) mass is 459 g/mol. The molecule has 0 spiro atoms. The minimum Gasteiger partial charge on any atom is -0.350 e. The number of amides is 2. The molecule has 3 aromatic rings. The van der Waals surface area contributed by atoms with Crippen LogP contribution in [0, 0.1) is 6.92 Å². The maximum atomic E-state index is 13.4. The van der Waals surface area contributed by atoms with E-state index < -0.39 is 23.7 Å². The molecule has 1 aromatic heterocycles. The summed E-state index contributed by atoms with van der Waals surface area (Å²) < 4.78 is 41.2. The van der Waals surface area contributed by atoms with Crippen LogP contribution in [0.5, 0.6) is 0 Å². The molecule has 0 bridgehead atoms. The smallest absolute Gasteiger partial charge is 0.350 e. The summed E-state index contributed by atoms with van der Waals surface area (Å²) in [6.07, 6.45) is -4.76. The minimum atomic E-state index is -4.76. The van der Waals surface area contributed by atoms with Crippen molar-refractivity contribution in [2.24, 2.45) is 5.73 Å². The molecule has 7 nitrogen and oxygen atoms in total. The molecular formula is C23H24F3N5O2. The fourth-order valence-corrected chi connectivity index (χ4v) is 3.30. The molecule has 0 saturated carbocycles. The molecular weight excluding hydrogens is 435 g/mol. The number of nitrogens with two attached hydrogens (primary N) is 1. The third-order valence-electron chi connectivity index (χ3n) is 4.85. The summed E-state index contributed by atoms with van der Waals surface area (Å²) in [6, 6.07) is 11.9. The van der Waals surface area contributed by atoms with Crippen LogP contribution in [-0.4, -0.2) is 27.6 Å². The first-order valence-corrected chi connectivity index (χ1v) is 10.2. The number of aromatic nitrogens is 2. The van der Waals surface area contributed by atoms with E-state index in [0.717, 1.165) is 4.68 Å². The highest BCUT2D eigenvalue weighted by Crippen LogP contribution is 2.31. The maximum absolute atomic E-state index is 13.4. The second kappa shape index (κ2) is 9.45. The van der Waals surface area contributed by atoms with Gasteiger partial charge in [0, 0.05) is 18.7 Å². The van der Waals surface area contributed by atoms with E-state index in [9.17, 15) is 22.8 Å². The second-order valence-electron chi connectivity index (χ2n) is 7.74. The third kappa shape index (κ3) is 5.23. The molecule has 3 rings (SSSR count).